The molecule has 2 aliphatic heterocycles. The zero-order chi connectivity index (χ0) is 12.3. The first kappa shape index (κ1) is 15.2. The maximum absolute atomic E-state index is 12.3. The topological polar surface area (TPSA) is 61.4 Å². The molecule has 2 aliphatic rings. The number of nitrogens with one attached hydrogen (secondary N) is 2. The molecule has 104 valence electrons. The molecule has 6 heteroatoms. The van der Waals surface area contributed by atoms with E-state index in [1.54, 1.807) is 11.9 Å². The highest BCUT2D eigenvalue weighted by atomic mass is 35.5. The van der Waals surface area contributed by atoms with Gasteiger partial charge in [-0.3, -0.25) is 9.59 Å². The van der Waals surface area contributed by atoms with Crippen LogP contribution in [0.15, 0.2) is 0 Å². The Kier molecular flexibility index (Phi) is 5.88. The third-order valence-corrected chi connectivity index (χ3v) is 3.73. The molecule has 2 N–H and O–H groups in total. The summed E-state index contributed by atoms with van der Waals surface area (Å²) in [5, 5.41) is 5.90. The van der Waals surface area contributed by atoms with E-state index in [-0.39, 0.29) is 36.2 Å². The number of amides is 2. The lowest BCUT2D eigenvalue weighted by atomic mass is 9.97. The predicted octanol–water partition coefficient (Wildman–Crippen LogP) is 0.145. The minimum Gasteiger partial charge on any atom is -0.357 e. The monoisotopic (exact) mass is 275 g/mol. The van der Waals surface area contributed by atoms with E-state index in [0.717, 1.165) is 45.3 Å². The van der Waals surface area contributed by atoms with Crippen molar-refractivity contribution in [2.45, 2.75) is 31.7 Å². The van der Waals surface area contributed by atoms with E-state index in [2.05, 4.69) is 10.6 Å². The van der Waals surface area contributed by atoms with Gasteiger partial charge in [0.1, 0.15) is 6.04 Å². The van der Waals surface area contributed by atoms with Crippen LogP contribution in [0.1, 0.15) is 25.7 Å². The van der Waals surface area contributed by atoms with E-state index in [4.69, 9.17) is 0 Å². The second-order valence-electron chi connectivity index (χ2n) is 4.85. The number of likely N-dealkylation sites (N-methyl/N-ethyl adjacent to an activating group) is 1. The minimum atomic E-state index is -0.241. The van der Waals surface area contributed by atoms with Crippen LogP contribution in [0.5, 0.6) is 0 Å². The van der Waals surface area contributed by atoms with Crippen LogP contribution in [0.25, 0.3) is 0 Å². The fourth-order valence-corrected chi connectivity index (χ4v) is 2.77. The molecule has 0 saturated carbocycles. The van der Waals surface area contributed by atoms with Gasteiger partial charge in [-0.05, 0) is 32.2 Å². The number of rotatable bonds is 2. The fourth-order valence-electron chi connectivity index (χ4n) is 2.77. The lowest BCUT2D eigenvalue weighted by Crippen LogP contribution is -2.49. The predicted molar refractivity (Wildman–Crippen MR) is 71.6 cm³/mol. The number of piperidine rings is 1. The molecule has 0 aromatic carbocycles. The van der Waals surface area contributed by atoms with Gasteiger partial charge in [-0.15, -0.1) is 12.4 Å². The van der Waals surface area contributed by atoms with Gasteiger partial charge in [0.15, 0.2) is 0 Å². The summed E-state index contributed by atoms with van der Waals surface area (Å²) in [5.74, 6) is 0.192. The Morgan fingerprint density at radius 3 is 2.67 bits per heavy atom. The molecule has 2 rings (SSSR count). The van der Waals surface area contributed by atoms with Crippen LogP contribution < -0.4 is 10.6 Å². The Labute approximate surface area is 114 Å². The highest BCUT2D eigenvalue weighted by Gasteiger charge is 2.36. The zero-order valence-corrected chi connectivity index (χ0v) is 11.6. The average Bonchev–Trinajstić information content (AvgIpc) is 2.87. The molecule has 2 fully saturated rings. The van der Waals surface area contributed by atoms with Crippen LogP contribution in [0.2, 0.25) is 0 Å². The molecule has 5 nitrogen and oxygen atoms in total. The van der Waals surface area contributed by atoms with Gasteiger partial charge in [-0.2, -0.15) is 0 Å². The summed E-state index contributed by atoms with van der Waals surface area (Å²) in [6.45, 7) is 2.49. The molecule has 0 aliphatic carbocycles. The maximum Gasteiger partial charge on any atom is 0.242 e. The molecule has 2 atom stereocenters. The van der Waals surface area contributed by atoms with Gasteiger partial charge < -0.3 is 15.5 Å². The van der Waals surface area contributed by atoms with Crippen molar-refractivity contribution in [2.75, 3.05) is 26.7 Å². The number of carbonyl (C=O) groups is 2. The SMILES string of the molecule is CNC(=O)C1CCCN1C(=O)C1CCCNC1.Cl. The van der Waals surface area contributed by atoms with Gasteiger partial charge in [-0.25, -0.2) is 0 Å². The van der Waals surface area contributed by atoms with E-state index < -0.39 is 0 Å². The van der Waals surface area contributed by atoms with Crippen molar-refractivity contribution in [1.29, 1.82) is 0 Å². The molecule has 2 heterocycles. The largest absolute Gasteiger partial charge is 0.357 e. The van der Waals surface area contributed by atoms with E-state index >= 15 is 0 Å². The number of hydrogen-bond donors (Lipinski definition) is 2. The third-order valence-electron chi connectivity index (χ3n) is 3.73. The Morgan fingerprint density at radius 2 is 2.06 bits per heavy atom. The van der Waals surface area contributed by atoms with Crippen molar-refractivity contribution in [1.82, 2.24) is 15.5 Å². The van der Waals surface area contributed by atoms with Crippen LogP contribution in [0.4, 0.5) is 0 Å². The lowest BCUT2D eigenvalue weighted by molar-refractivity contribution is -0.141. The van der Waals surface area contributed by atoms with E-state index in [9.17, 15) is 9.59 Å². The first-order valence-electron chi connectivity index (χ1n) is 6.47. The Hall–Kier alpha value is -0.810. The van der Waals surface area contributed by atoms with Crippen LogP contribution in [0.3, 0.4) is 0 Å². The van der Waals surface area contributed by atoms with Gasteiger partial charge in [0.2, 0.25) is 11.8 Å². The van der Waals surface area contributed by atoms with Gasteiger partial charge in [0, 0.05) is 20.1 Å². The molecule has 0 bridgehead atoms. The van der Waals surface area contributed by atoms with E-state index in [1.165, 1.54) is 0 Å². The minimum absolute atomic E-state index is 0. The van der Waals surface area contributed by atoms with E-state index in [0.29, 0.717) is 0 Å². The first-order chi connectivity index (χ1) is 8.24. The van der Waals surface area contributed by atoms with Crippen LogP contribution >= 0.6 is 12.4 Å². The van der Waals surface area contributed by atoms with Gasteiger partial charge in [-0.1, -0.05) is 0 Å². The molecule has 0 aromatic heterocycles. The molecule has 18 heavy (non-hydrogen) atoms. The molecule has 2 unspecified atom stereocenters. The number of hydrogen-bond acceptors (Lipinski definition) is 3. The molecule has 0 radical (unpaired) electrons. The number of likely N-dealkylation sites (tertiary alicyclic amines) is 1. The smallest absolute Gasteiger partial charge is 0.242 e. The highest BCUT2D eigenvalue weighted by Crippen LogP contribution is 2.22. The van der Waals surface area contributed by atoms with Crippen molar-refractivity contribution in [3.05, 3.63) is 0 Å². The third kappa shape index (κ3) is 3.14. The molecule has 0 spiro atoms. The average molecular weight is 276 g/mol. The van der Waals surface area contributed by atoms with Crippen molar-refractivity contribution < 1.29 is 9.59 Å². The van der Waals surface area contributed by atoms with Crippen LogP contribution in [0, 0.1) is 5.92 Å². The summed E-state index contributed by atoms with van der Waals surface area (Å²) in [4.78, 5) is 25.8. The molecule has 2 saturated heterocycles. The zero-order valence-electron chi connectivity index (χ0n) is 10.8. The van der Waals surface area contributed by atoms with Crippen molar-refractivity contribution >= 4 is 24.2 Å². The number of halogens is 1. The molecule has 0 aromatic rings. The summed E-state index contributed by atoms with van der Waals surface area (Å²) in [7, 11) is 1.63. The van der Waals surface area contributed by atoms with Crippen molar-refractivity contribution in [2.24, 2.45) is 5.92 Å². The van der Waals surface area contributed by atoms with Gasteiger partial charge in [0.25, 0.3) is 0 Å². The lowest BCUT2D eigenvalue weighted by Gasteiger charge is -2.30. The summed E-state index contributed by atoms with van der Waals surface area (Å²) in [6, 6.07) is -0.241. The first-order valence-corrected chi connectivity index (χ1v) is 6.47. The Balaban J connectivity index is 0.00000162. The Bertz CT molecular complexity index is 306. The fraction of sp³-hybridized carbons (Fsp3) is 0.833. The second kappa shape index (κ2) is 6.95. The summed E-state index contributed by atoms with van der Waals surface area (Å²) >= 11 is 0. The van der Waals surface area contributed by atoms with E-state index in [1.807, 2.05) is 0 Å². The standard InChI is InChI=1S/C12H21N3O2.ClH/c1-13-11(16)10-5-3-7-15(10)12(17)9-4-2-6-14-8-9;/h9-10,14H,2-8H2,1H3,(H,13,16);1H. The number of nitrogens with zero attached hydrogens (tertiary/aromatic N) is 1. The molecular weight excluding hydrogens is 254 g/mol. The van der Waals surface area contributed by atoms with Crippen molar-refractivity contribution in [3.8, 4) is 0 Å². The summed E-state index contributed by atoms with van der Waals surface area (Å²) < 4.78 is 0. The molecular formula is C12H22ClN3O2. The van der Waals surface area contributed by atoms with Gasteiger partial charge >= 0.3 is 0 Å². The second-order valence-corrected chi connectivity index (χ2v) is 4.85. The van der Waals surface area contributed by atoms with Crippen molar-refractivity contribution in [3.63, 3.8) is 0 Å². The van der Waals surface area contributed by atoms with Gasteiger partial charge in [0.05, 0.1) is 5.92 Å². The van der Waals surface area contributed by atoms with Crippen LogP contribution in [-0.4, -0.2) is 49.4 Å². The number of carbonyl (C=O) groups excluding carboxylic acids is 2. The Morgan fingerprint density at radius 1 is 1.28 bits per heavy atom. The maximum atomic E-state index is 12.3. The van der Waals surface area contributed by atoms with Crippen LogP contribution in [-0.2, 0) is 9.59 Å². The summed E-state index contributed by atoms with van der Waals surface area (Å²) in [5.41, 5.74) is 0. The molecule has 2 amide bonds. The summed E-state index contributed by atoms with van der Waals surface area (Å²) in [6.07, 6.45) is 3.73. The highest BCUT2D eigenvalue weighted by molar-refractivity contribution is 5.89. The quantitative estimate of drug-likeness (QED) is 0.754. The normalized spacial score (nSPS) is 27.5.